The van der Waals surface area contributed by atoms with E-state index in [0.717, 1.165) is 24.3 Å². The fourth-order valence-electron chi connectivity index (χ4n) is 2.29. The summed E-state index contributed by atoms with van der Waals surface area (Å²) in [7, 11) is -3.77. The summed E-state index contributed by atoms with van der Waals surface area (Å²) in [6.45, 7) is 3.93. The van der Waals surface area contributed by atoms with E-state index in [1.165, 1.54) is 4.31 Å². The van der Waals surface area contributed by atoms with Crippen LogP contribution in [0.15, 0.2) is 29.2 Å². The molecule has 1 saturated heterocycles. The maximum atomic E-state index is 12.5. The van der Waals surface area contributed by atoms with Crippen LogP contribution in [0, 0.1) is 0 Å². The minimum absolute atomic E-state index is 0.0803. The smallest absolute Gasteiger partial charge is 0.406 e. The molecule has 5 nitrogen and oxygen atoms in total. The summed E-state index contributed by atoms with van der Waals surface area (Å²) in [5.74, 6) is -0.463. The second kappa shape index (κ2) is 6.05. The molecule has 2 atom stereocenters. The molecular weight excluding hydrogens is 323 g/mol. The highest BCUT2D eigenvalue weighted by atomic mass is 32.2. The van der Waals surface area contributed by atoms with E-state index in [1.54, 1.807) is 13.8 Å². The number of ether oxygens (including phenoxy) is 2. The Labute approximate surface area is 126 Å². The van der Waals surface area contributed by atoms with Gasteiger partial charge in [-0.3, -0.25) is 0 Å². The van der Waals surface area contributed by atoms with Gasteiger partial charge in [0.1, 0.15) is 5.75 Å². The van der Waals surface area contributed by atoms with E-state index >= 15 is 0 Å². The van der Waals surface area contributed by atoms with E-state index in [0.29, 0.717) is 0 Å². The summed E-state index contributed by atoms with van der Waals surface area (Å²) in [5.41, 5.74) is 0. The van der Waals surface area contributed by atoms with Crippen LogP contribution < -0.4 is 4.74 Å². The van der Waals surface area contributed by atoms with Gasteiger partial charge >= 0.3 is 6.36 Å². The molecule has 2 unspecified atom stereocenters. The zero-order valence-corrected chi connectivity index (χ0v) is 12.8. The van der Waals surface area contributed by atoms with Gasteiger partial charge in [-0.05, 0) is 38.1 Å². The van der Waals surface area contributed by atoms with Crippen molar-refractivity contribution in [3.8, 4) is 5.75 Å². The standard InChI is InChI=1S/C13H16F3NO4S/c1-9-7-17(8-10(2)20-9)22(18,19)12-5-3-11(4-6-12)21-13(14,15)16/h3-6,9-10H,7-8H2,1-2H3. The fraction of sp³-hybridized carbons (Fsp3) is 0.538. The van der Waals surface area contributed by atoms with Crippen molar-refractivity contribution in [1.82, 2.24) is 4.31 Å². The maximum Gasteiger partial charge on any atom is 0.573 e. The van der Waals surface area contributed by atoms with Crippen LogP contribution >= 0.6 is 0 Å². The highest BCUT2D eigenvalue weighted by Gasteiger charge is 2.33. The van der Waals surface area contributed by atoms with Gasteiger partial charge in [0, 0.05) is 13.1 Å². The summed E-state index contributed by atoms with van der Waals surface area (Å²) < 4.78 is 71.7. The van der Waals surface area contributed by atoms with Crippen molar-refractivity contribution in [1.29, 1.82) is 0 Å². The largest absolute Gasteiger partial charge is 0.573 e. The van der Waals surface area contributed by atoms with E-state index in [9.17, 15) is 21.6 Å². The number of nitrogens with zero attached hydrogens (tertiary/aromatic N) is 1. The maximum absolute atomic E-state index is 12.5. The van der Waals surface area contributed by atoms with Gasteiger partial charge in [-0.25, -0.2) is 8.42 Å². The lowest BCUT2D eigenvalue weighted by Gasteiger charge is -2.34. The summed E-state index contributed by atoms with van der Waals surface area (Å²) in [6, 6.07) is 4.16. The Morgan fingerprint density at radius 1 is 1.14 bits per heavy atom. The topological polar surface area (TPSA) is 55.8 Å². The molecule has 0 N–H and O–H groups in total. The predicted octanol–water partition coefficient (Wildman–Crippen LogP) is 2.38. The van der Waals surface area contributed by atoms with Crippen molar-refractivity contribution in [3.05, 3.63) is 24.3 Å². The zero-order chi connectivity index (χ0) is 16.5. The number of rotatable bonds is 3. The summed E-state index contributed by atoms with van der Waals surface area (Å²) in [4.78, 5) is -0.0803. The monoisotopic (exact) mass is 339 g/mol. The van der Waals surface area contributed by atoms with Gasteiger partial charge in [0.25, 0.3) is 0 Å². The highest BCUT2D eigenvalue weighted by Crippen LogP contribution is 2.26. The number of sulfonamides is 1. The number of hydrogen-bond acceptors (Lipinski definition) is 4. The van der Waals surface area contributed by atoms with Gasteiger partial charge in [-0.15, -0.1) is 13.2 Å². The van der Waals surface area contributed by atoms with E-state index in [4.69, 9.17) is 4.74 Å². The molecule has 1 aliphatic heterocycles. The molecule has 0 aromatic heterocycles. The Morgan fingerprint density at radius 3 is 2.09 bits per heavy atom. The molecule has 1 heterocycles. The zero-order valence-electron chi connectivity index (χ0n) is 12.0. The molecule has 1 aromatic carbocycles. The highest BCUT2D eigenvalue weighted by molar-refractivity contribution is 7.89. The average molecular weight is 339 g/mol. The molecular formula is C13H16F3NO4S. The average Bonchev–Trinajstić information content (AvgIpc) is 2.36. The molecule has 0 amide bonds. The van der Waals surface area contributed by atoms with Crippen LogP contribution in [-0.2, 0) is 14.8 Å². The van der Waals surface area contributed by atoms with Crippen LogP contribution in [0.1, 0.15) is 13.8 Å². The fourth-order valence-corrected chi connectivity index (χ4v) is 3.88. The van der Waals surface area contributed by atoms with E-state index in [1.807, 2.05) is 0 Å². The van der Waals surface area contributed by atoms with Crippen molar-refractivity contribution in [2.24, 2.45) is 0 Å². The normalized spacial score (nSPS) is 24.2. The SMILES string of the molecule is CC1CN(S(=O)(=O)c2ccc(OC(F)(F)F)cc2)CC(C)O1. The summed E-state index contributed by atoms with van der Waals surface area (Å²) in [6.07, 6.45) is -5.30. The molecule has 124 valence electrons. The Hall–Kier alpha value is -1.32. The Morgan fingerprint density at radius 2 is 1.64 bits per heavy atom. The van der Waals surface area contributed by atoms with Gasteiger partial charge in [0.15, 0.2) is 0 Å². The molecule has 0 radical (unpaired) electrons. The van der Waals surface area contributed by atoms with E-state index in [2.05, 4.69) is 4.74 Å². The van der Waals surface area contributed by atoms with Crippen molar-refractivity contribution in [2.75, 3.05) is 13.1 Å². The van der Waals surface area contributed by atoms with Crippen LogP contribution in [0.2, 0.25) is 0 Å². The molecule has 2 rings (SSSR count). The quantitative estimate of drug-likeness (QED) is 0.848. The number of halogens is 3. The van der Waals surface area contributed by atoms with Gasteiger partial charge < -0.3 is 9.47 Å². The predicted molar refractivity (Wildman–Crippen MR) is 71.9 cm³/mol. The van der Waals surface area contributed by atoms with E-state index in [-0.39, 0.29) is 30.2 Å². The first kappa shape index (κ1) is 17.0. The molecule has 1 aromatic rings. The van der Waals surface area contributed by atoms with Gasteiger partial charge in [0.05, 0.1) is 17.1 Å². The molecule has 0 bridgehead atoms. The molecule has 1 fully saturated rings. The Balaban J connectivity index is 2.19. The Bertz CT molecular complexity index is 605. The van der Waals surface area contributed by atoms with Crippen LogP contribution in [-0.4, -0.2) is 44.4 Å². The third-order valence-electron chi connectivity index (χ3n) is 3.08. The first-order chi connectivity index (χ1) is 10.1. The second-order valence-electron chi connectivity index (χ2n) is 5.10. The Kier molecular flexibility index (Phi) is 4.69. The van der Waals surface area contributed by atoms with Crippen LogP contribution in [0.25, 0.3) is 0 Å². The number of hydrogen-bond donors (Lipinski definition) is 0. The number of benzene rings is 1. The number of morpholine rings is 1. The van der Waals surface area contributed by atoms with Crippen molar-refractivity contribution in [3.63, 3.8) is 0 Å². The van der Waals surface area contributed by atoms with Gasteiger partial charge in [-0.1, -0.05) is 0 Å². The minimum atomic E-state index is -4.81. The third-order valence-corrected chi connectivity index (χ3v) is 4.93. The van der Waals surface area contributed by atoms with Crippen LogP contribution in [0.3, 0.4) is 0 Å². The lowest BCUT2D eigenvalue weighted by molar-refractivity contribution is -0.274. The molecule has 0 spiro atoms. The minimum Gasteiger partial charge on any atom is -0.406 e. The van der Waals surface area contributed by atoms with Crippen LogP contribution in [0.4, 0.5) is 13.2 Å². The van der Waals surface area contributed by atoms with Crippen LogP contribution in [0.5, 0.6) is 5.75 Å². The first-order valence-corrected chi connectivity index (χ1v) is 8.03. The lowest BCUT2D eigenvalue weighted by Crippen LogP contribution is -2.48. The third kappa shape index (κ3) is 4.11. The first-order valence-electron chi connectivity index (χ1n) is 6.59. The van der Waals surface area contributed by atoms with Crippen molar-refractivity contribution in [2.45, 2.75) is 37.3 Å². The van der Waals surface area contributed by atoms with Gasteiger partial charge in [-0.2, -0.15) is 4.31 Å². The lowest BCUT2D eigenvalue weighted by atomic mass is 10.3. The summed E-state index contributed by atoms with van der Waals surface area (Å²) in [5, 5.41) is 0. The van der Waals surface area contributed by atoms with Gasteiger partial charge in [0.2, 0.25) is 10.0 Å². The van der Waals surface area contributed by atoms with E-state index < -0.39 is 22.1 Å². The molecule has 9 heteroatoms. The second-order valence-corrected chi connectivity index (χ2v) is 7.04. The van der Waals surface area contributed by atoms with Crippen molar-refractivity contribution >= 4 is 10.0 Å². The molecule has 22 heavy (non-hydrogen) atoms. The molecule has 1 aliphatic rings. The van der Waals surface area contributed by atoms with Crippen molar-refractivity contribution < 1.29 is 31.1 Å². The molecule has 0 saturated carbocycles. The molecule has 0 aliphatic carbocycles. The number of alkyl halides is 3. The summed E-state index contributed by atoms with van der Waals surface area (Å²) >= 11 is 0.